The van der Waals surface area contributed by atoms with E-state index in [4.69, 9.17) is 9.47 Å². The molecule has 2 aliphatic heterocycles. The Morgan fingerprint density at radius 1 is 1.13 bits per heavy atom. The Morgan fingerprint density at radius 3 is 2.52 bits per heavy atom. The Labute approximate surface area is 206 Å². The summed E-state index contributed by atoms with van der Waals surface area (Å²) < 4.78 is 11.7. The first-order chi connectivity index (χ1) is 14.8. The molecule has 2 saturated heterocycles. The van der Waals surface area contributed by atoms with Crippen LogP contribution >= 0.6 is 35.3 Å². The summed E-state index contributed by atoms with van der Waals surface area (Å²) in [6.07, 6.45) is 2.29. The van der Waals surface area contributed by atoms with Gasteiger partial charge in [0.05, 0.1) is 19.3 Å². The maximum Gasteiger partial charge on any atom is 0.193 e. The van der Waals surface area contributed by atoms with Crippen molar-refractivity contribution in [1.82, 2.24) is 15.1 Å². The zero-order chi connectivity index (χ0) is 20.6. The summed E-state index contributed by atoms with van der Waals surface area (Å²) in [4.78, 5) is 10.8. The minimum atomic E-state index is 0. The highest BCUT2D eigenvalue weighted by Crippen LogP contribution is 2.25. The van der Waals surface area contributed by atoms with Crippen molar-refractivity contribution in [1.29, 1.82) is 0 Å². The standard InChI is InChI=1S/C23H32N4O2S.HI/c1-24-23(27-11-9-20(10-12-27)29-19-6-3-2-4-7-19)25-18-21(22-8-5-17-30-22)26-13-15-28-16-14-26;/h2-8,17,20-21H,9-16,18H2,1H3,(H,24,25);1H. The summed E-state index contributed by atoms with van der Waals surface area (Å²) in [7, 11) is 1.88. The third kappa shape index (κ3) is 6.81. The second-order valence-corrected chi connectivity index (χ2v) is 8.70. The van der Waals surface area contributed by atoms with Crippen LogP contribution in [-0.4, -0.2) is 74.8 Å². The van der Waals surface area contributed by atoms with Crippen molar-refractivity contribution in [2.45, 2.75) is 25.0 Å². The molecule has 170 valence electrons. The Hall–Kier alpha value is -1.36. The van der Waals surface area contributed by atoms with Gasteiger partial charge >= 0.3 is 0 Å². The van der Waals surface area contributed by atoms with Crippen LogP contribution in [0.25, 0.3) is 0 Å². The normalized spacial score (nSPS) is 19.5. The molecule has 0 spiro atoms. The lowest BCUT2D eigenvalue weighted by Gasteiger charge is -2.37. The molecule has 31 heavy (non-hydrogen) atoms. The number of ether oxygens (including phenoxy) is 2. The quantitative estimate of drug-likeness (QED) is 0.333. The lowest BCUT2D eigenvalue weighted by molar-refractivity contribution is 0.0175. The molecule has 6 nitrogen and oxygen atoms in total. The molecular weight excluding hydrogens is 523 g/mol. The van der Waals surface area contributed by atoms with Crippen molar-refractivity contribution in [2.24, 2.45) is 4.99 Å². The smallest absolute Gasteiger partial charge is 0.193 e. The number of nitrogens with zero attached hydrogens (tertiary/aromatic N) is 3. The number of guanidine groups is 1. The van der Waals surface area contributed by atoms with Gasteiger partial charge in [-0.15, -0.1) is 35.3 Å². The van der Waals surface area contributed by atoms with Crippen LogP contribution in [-0.2, 0) is 4.74 Å². The SMILES string of the molecule is CN=C(NCC(c1cccs1)N1CCOCC1)N1CCC(Oc2ccccc2)CC1.I. The highest BCUT2D eigenvalue weighted by molar-refractivity contribution is 14.0. The van der Waals surface area contributed by atoms with Gasteiger partial charge in [-0.3, -0.25) is 9.89 Å². The molecule has 0 saturated carbocycles. The zero-order valence-corrected chi connectivity index (χ0v) is 21.3. The Bertz CT molecular complexity index is 776. The molecule has 1 N–H and O–H groups in total. The van der Waals surface area contributed by atoms with Gasteiger partial charge in [0.15, 0.2) is 5.96 Å². The summed E-state index contributed by atoms with van der Waals surface area (Å²) in [5.74, 6) is 1.95. The molecule has 0 amide bonds. The van der Waals surface area contributed by atoms with Crippen molar-refractivity contribution in [2.75, 3.05) is 53.0 Å². The van der Waals surface area contributed by atoms with Crippen molar-refractivity contribution >= 4 is 41.3 Å². The van der Waals surface area contributed by atoms with E-state index in [0.717, 1.165) is 70.5 Å². The molecule has 8 heteroatoms. The van der Waals surface area contributed by atoms with Crippen LogP contribution in [0.1, 0.15) is 23.8 Å². The van der Waals surface area contributed by atoms with Crippen molar-refractivity contribution in [3.63, 3.8) is 0 Å². The lowest BCUT2D eigenvalue weighted by Crippen LogP contribution is -2.50. The number of piperidine rings is 1. The summed E-state index contributed by atoms with van der Waals surface area (Å²) >= 11 is 1.83. The molecule has 3 heterocycles. The van der Waals surface area contributed by atoms with E-state index in [9.17, 15) is 0 Å². The molecule has 1 aromatic carbocycles. The second kappa shape index (κ2) is 12.6. The van der Waals surface area contributed by atoms with Gasteiger partial charge in [0.1, 0.15) is 11.9 Å². The summed E-state index contributed by atoms with van der Waals surface area (Å²) in [6.45, 7) is 6.34. The number of rotatable bonds is 6. The molecule has 1 unspecified atom stereocenters. The number of halogens is 1. The monoisotopic (exact) mass is 556 g/mol. The number of nitrogens with one attached hydrogen (secondary N) is 1. The average Bonchev–Trinajstić information content (AvgIpc) is 3.33. The minimum absolute atomic E-state index is 0. The topological polar surface area (TPSA) is 49.3 Å². The molecule has 0 bridgehead atoms. The summed E-state index contributed by atoms with van der Waals surface area (Å²) in [6, 6.07) is 14.9. The van der Waals surface area contributed by atoms with Gasteiger partial charge in [0.25, 0.3) is 0 Å². The zero-order valence-electron chi connectivity index (χ0n) is 18.1. The molecule has 4 rings (SSSR count). The van der Waals surface area contributed by atoms with Gasteiger partial charge in [-0.05, 0) is 23.6 Å². The average molecular weight is 557 g/mol. The van der Waals surface area contributed by atoms with Gasteiger partial charge in [0.2, 0.25) is 0 Å². The predicted octanol–water partition coefficient (Wildman–Crippen LogP) is 3.86. The van der Waals surface area contributed by atoms with Gasteiger partial charge in [-0.25, -0.2) is 0 Å². The third-order valence-corrected chi connectivity index (χ3v) is 6.78. The number of morpholine rings is 1. The summed E-state index contributed by atoms with van der Waals surface area (Å²) in [5, 5.41) is 5.81. The maximum atomic E-state index is 6.14. The molecule has 2 aromatic rings. The molecule has 1 atom stereocenters. The number of thiophene rings is 1. The molecule has 0 radical (unpaired) electrons. The number of para-hydroxylation sites is 1. The van der Waals surface area contributed by atoms with E-state index < -0.39 is 0 Å². The molecule has 2 aliphatic rings. The van der Waals surface area contributed by atoms with E-state index in [1.54, 1.807) is 0 Å². The first kappa shape index (κ1) is 24.3. The largest absolute Gasteiger partial charge is 0.490 e. The maximum absolute atomic E-state index is 6.14. The number of hydrogen-bond acceptors (Lipinski definition) is 5. The van der Waals surface area contributed by atoms with Gasteiger partial charge in [-0.2, -0.15) is 0 Å². The first-order valence-corrected chi connectivity index (χ1v) is 11.7. The third-order valence-electron chi connectivity index (χ3n) is 5.81. The number of benzene rings is 1. The number of hydrogen-bond donors (Lipinski definition) is 1. The van der Waals surface area contributed by atoms with Crippen LogP contribution in [0.2, 0.25) is 0 Å². The van der Waals surface area contributed by atoms with Crippen LogP contribution < -0.4 is 10.1 Å². The Kier molecular flexibility index (Phi) is 9.89. The van der Waals surface area contributed by atoms with E-state index >= 15 is 0 Å². The fourth-order valence-corrected chi connectivity index (χ4v) is 5.04. The molecule has 1 aromatic heterocycles. The molecule has 2 fully saturated rings. The highest BCUT2D eigenvalue weighted by atomic mass is 127. The minimum Gasteiger partial charge on any atom is -0.490 e. The van der Waals surface area contributed by atoms with Gasteiger partial charge < -0.3 is 19.7 Å². The van der Waals surface area contributed by atoms with Crippen LogP contribution in [0, 0.1) is 0 Å². The van der Waals surface area contributed by atoms with E-state index in [1.165, 1.54) is 4.88 Å². The van der Waals surface area contributed by atoms with Crippen LogP contribution in [0.5, 0.6) is 5.75 Å². The van der Waals surface area contributed by atoms with Crippen molar-refractivity contribution < 1.29 is 9.47 Å². The Morgan fingerprint density at radius 2 is 1.87 bits per heavy atom. The van der Waals surface area contributed by atoms with Gasteiger partial charge in [0, 0.05) is 57.5 Å². The molecular formula is C23H33IN4O2S. The van der Waals surface area contributed by atoms with E-state index in [1.807, 2.05) is 48.7 Å². The second-order valence-electron chi connectivity index (χ2n) is 7.72. The van der Waals surface area contributed by atoms with E-state index in [-0.39, 0.29) is 30.1 Å². The van der Waals surface area contributed by atoms with Crippen LogP contribution in [0.15, 0.2) is 52.8 Å². The fraction of sp³-hybridized carbons (Fsp3) is 0.522. The van der Waals surface area contributed by atoms with Crippen molar-refractivity contribution in [3.05, 3.63) is 52.7 Å². The first-order valence-electron chi connectivity index (χ1n) is 10.9. The van der Waals surface area contributed by atoms with E-state index in [2.05, 4.69) is 37.6 Å². The highest BCUT2D eigenvalue weighted by Gasteiger charge is 2.26. The lowest BCUT2D eigenvalue weighted by atomic mass is 10.1. The predicted molar refractivity (Wildman–Crippen MR) is 138 cm³/mol. The summed E-state index contributed by atoms with van der Waals surface area (Å²) in [5.41, 5.74) is 0. The van der Waals surface area contributed by atoms with Crippen molar-refractivity contribution in [3.8, 4) is 5.75 Å². The molecule has 0 aliphatic carbocycles. The fourth-order valence-electron chi connectivity index (χ4n) is 4.18. The number of likely N-dealkylation sites (tertiary alicyclic amines) is 1. The number of aliphatic imine (C=N–C) groups is 1. The van der Waals surface area contributed by atoms with Crippen LogP contribution in [0.3, 0.4) is 0 Å². The van der Waals surface area contributed by atoms with Gasteiger partial charge in [-0.1, -0.05) is 24.3 Å². The van der Waals surface area contributed by atoms with E-state index in [0.29, 0.717) is 6.04 Å². The Balaban J connectivity index is 0.00000272. The van der Waals surface area contributed by atoms with Crippen LogP contribution in [0.4, 0.5) is 0 Å².